The predicted octanol–water partition coefficient (Wildman–Crippen LogP) is 3.50. The van der Waals surface area contributed by atoms with E-state index in [2.05, 4.69) is 0 Å². The van der Waals surface area contributed by atoms with Gasteiger partial charge in [-0.25, -0.2) is 4.39 Å². The van der Waals surface area contributed by atoms with E-state index in [1.54, 1.807) is 6.07 Å². The quantitative estimate of drug-likeness (QED) is 0.907. The molecule has 0 aliphatic carbocycles. The number of halogens is 3. The number of hydrogen-bond acceptors (Lipinski definition) is 2. The molecule has 5 heteroatoms. The molecule has 3 N–H and O–H groups in total. The van der Waals surface area contributed by atoms with Crippen LogP contribution in [0.2, 0.25) is 5.02 Å². The largest absolute Gasteiger partial charge is 0.391 e. The minimum atomic E-state index is -0.791. The number of hydrogen-bond donors (Lipinski definition) is 2. The molecular formula is C15H16Cl2FNO. The second-order valence-corrected chi connectivity index (χ2v) is 4.92. The lowest BCUT2D eigenvalue weighted by atomic mass is 9.97. The third kappa shape index (κ3) is 4.46. The molecule has 0 aliphatic rings. The summed E-state index contributed by atoms with van der Waals surface area (Å²) in [6.07, 6.45) is -0.379. The van der Waals surface area contributed by atoms with Crippen LogP contribution in [-0.2, 0) is 6.42 Å². The topological polar surface area (TPSA) is 46.2 Å². The van der Waals surface area contributed by atoms with Gasteiger partial charge in [0.05, 0.1) is 12.1 Å². The van der Waals surface area contributed by atoms with Crippen molar-refractivity contribution in [3.05, 3.63) is 70.5 Å². The molecule has 0 aromatic heterocycles. The van der Waals surface area contributed by atoms with Gasteiger partial charge in [-0.15, -0.1) is 12.4 Å². The second-order valence-electron chi connectivity index (χ2n) is 4.49. The fourth-order valence-electron chi connectivity index (χ4n) is 1.97. The van der Waals surface area contributed by atoms with E-state index < -0.39 is 18.0 Å². The van der Waals surface area contributed by atoms with Gasteiger partial charge in [-0.1, -0.05) is 41.9 Å². The smallest absolute Gasteiger partial charge is 0.125 e. The average Bonchev–Trinajstić information content (AvgIpc) is 2.37. The number of benzene rings is 2. The minimum absolute atomic E-state index is 0. The lowest BCUT2D eigenvalue weighted by molar-refractivity contribution is 0.145. The maximum Gasteiger partial charge on any atom is 0.125 e. The molecule has 0 heterocycles. The first-order valence-electron chi connectivity index (χ1n) is 6.00. The molecule has 0 unspecified atom stereocenters. The van der Waals surface area contributed by atoms with Crippen LogP contribution in [0.3, 0.4) is 0 Å². The molecule has 0 fully saturated rings. The maximum absolute atomic E-state index is 13.3. The summed E-state index contributed by atoms with van der Waals surface area (Å²) in [7, 11) is 0. The van der Waals surface area contributed by atoms with Crippen LogP contribution < -0.4 is 5.73 Å². The second kappa shape index (κ2) is 7.60. The van der Waals surface area contributed by atoms with Crippen molar-refractivity contribution in [3.8, 4) is 0 Å². The SMILES string of the molecule is Cl.N[C@H](c1cc(F)cc(Cl)c1)[C@@H](O)Cc1ccccc1. The maximum atomic E-state index is 13.3. The number of nitrogens with two attached hydrogens (primary N) is 1. The summed E-state index contributed by atoms with van der Waals surface area (Å²) in [5.41, 5.74) is 7.42. The fourth-order valence-corrected chi connectivity index (χ4v) is 2.20. The van der Waals surface area contributed by atoms with E-state index in [1.165, 1.54) is 12.1 Å². The zero-order valence-corrected chi connectivity index (χ0v) is 12.2. The third-order valence-electron chi connectivity index (χ3n) is 2.97. The third-order valence-corrected chi connectivity index (χ3v) is 3.19. The molecule has 2 nitrogen and oxygen atoms in total. The number of rotatable bonds is 4. The fraction of sp³-hybridized carbons (Fsp3) is 0.200. The van der Waals surface area contributed by atoms with Crippen molar-refractivity contribution in [2.45, 2.75) is 18.6 Å². The van der Waals surface area contributed by atoms with Crippen LogP contribution in [0.25, 0.3) is 0 Å². The molecule has 0 aliphatic heterocycles. The van der Waals surface area contributed by atoms with Gasteiger partial charge < -0.3 is 10.8 Å². The van der Waals surface area contributed by atoms with Gasteiger partial charge >= 0.3 is 0 Å². The van der Waals surface area contributed by atoms with Crippen LogP contribution >= 0.6 is 24.0 Å². The van der Waals surface area contributed by atoms with Crippen molar-refractivity contribution < 1.29 is 9.50 Å². The highest BCUT2D eigenvalue weighted by Crippen LogP contribution is 2.22. The van der Waals surface area contributed by atoms with Gasteiger partial charge in [0.25, 0.3) is 0 Å². The zero-order chi connectivity index (χ0) is 13.8. The molecule has 0 saturated heterocycles. The Hall–Kier alpha value is -1.13. The molecule has 108 valence electrons. The van der Waals surface area contributed by atoms with Crippen molar-refractivity contribution >= 4 is 24.0 Å². The Balaban J connectivity index is 0.00000200. The van der Waals surface area contributed by atoms with Gasteiger partial charge in [0.1, 0.15) is 5.82 Å². The highest BCUT2D eigenvalue weighted by molar-refractivity contribution is 6.30. The predicted molar refractivity (Wildman–Crippen MR) is 81.7 cm³/mol. The van der Waals surface area contributed by atoms with Crippen molar-refractivity contribution in [1.29, 1.82) is 0 Å². The van der Waals surface area contributed by atoms with Gasteiger partial charge in [0.2, 0.25) is 0 Å². The highest BCUT2D eigenvalue weighted by Gasteiger charge is 2.18. The van der Waals surface area contributed by atoms with Crippen molar-refractivity contribution in [1.82, 2.24) is 0 Å². The van der Waals surface area contributed by atoms with Gasteiger partial charge in [-0.3, -0.25) is 0 Å². The van der Waals surface area contributed by atoms with E-state index in [9.17, 15) is 9.50 Å². The summed E-state index contributed by atoms with van der Waals surface area (Å²) in [6, 6.07) is 12.9. The minimum Gasteiger partial charge on any atom is -0.391 e. The van der Waals surface area contributed by atoms with Gasteiger partial charge in [-0.2, -0.15) is 0 Å². The molecule has 2 aromatic carbocycles. The number of aliphatic hydroxyl groups excluding tert-OH is 1. The van der Waals surface area contributed by atoms with Crippen molar-refractivity contribution in [3.63, 3.8) is 0 Å². The van der Waals surface area contributed by atoms with Crippen molar-refractivity contribution in [2.24, 2.45) is 5.73 Å². The first-order valence-corrected chi connectivity index (χ1v) is 6.37. The summed E-state index contributed by atoms with van der Waals surface area (Å²) < 4.78 is 13.3. The Bertz CT molecular complexity index is 531. The zero-order valence-electron chi connectivity index (χ0n) is 10.7. The van der Waals surface area contributed by atoms with Crippen LogP contribution in [0.1, 0.15) is 17.2 Å². The molecule has 0 spiro atoms. The van der Waals surface area contributed by atoms with Crippen LogP contribution in [0.15, 0.2) is 48.5 Å². The van der Waals surface area contributed by atoms with Crippen LogP contribution in [-0.4, -0.2) is 11.2 Å². The van der Waals surface area contributed by atoms with Crippen molar-refractivity contribution in [2.75, 3.05) is 0 Å². The summed E-state index contributed by atoms with van der Waals surface area (Å²) >= 11 is 5.78. The van der Waals surface area contributed by atoms with E-state index in [0.717, 1.165) is 5.56 Å². The van der Waals surface area contributed by atoms with Gasteiger partial charge in [0.15, 0.2) is 0 Å². The molecular weight excluding hydrogens is 300 g/mol. The lowest BCUT2D eigenvalue weighted by Gasteiger charge is -2.19. The summed E-state index contributed by atoms with van der Waals surface area (Å²) in [5.74, 6) is -0.454. The Morgan fingerprint density at radius 3 is 2.40 bits per heavy atom. The first-order chi connectivity index (χ1) is 9.06. The van der Waals surface area contributed by atoms with E-state index in [0.29, 0.717) is 12.0 Å². The van der Waals surface area contributed by atoms with E-state index in [4.69, 9.17) is 17.3 Å². The Kier molecular flexibility index (Phi) is 6.43. The summed E-state index contributed by atoms with van der Waals surface area (Å²) in [5, 5.41) is 10.4. The standard InChI is InChI=1S/C15H15ClFNO.ClH/c16-12-7-11(8-13(17)9-12)15(18)14(19)6-10-4-2-1-3-5-10;/h1-5,7-9,14-15,19H,6,18H2;1H/t14-,15+;/m0./s1. The molecule has 2 atom stereocenters. The molecule has 0 bridgehead atoms. The Morgan fingerprint density at radius 2 is 1.80 bits per heavy atom. The normalized spacial score (nSPS) is 13.4. The molecule has 0 saturated carbocycles. The van der Waals surface area contributed by atoms with Gasteiger partial charge in [0, 0.05) is 11.4 Å². The average molecular weight is 316 g/mol. The number of aliphatic hydroxyl groups is 1. The molecule has 20 heavy (non-hydrogen) atoms. The van der Waals surface area contributed by atoms with E-state index in [1.807, 2.05) is 30.3 Å². The summed E-state index contributed by atoms with van der Waals surface area (Å²) in [4.78, 5) is 0. The van der Waals surface area contributed by atoms with Crippen LogP contribution in [0.4, 0.5) is 4.39 Å². The van der Waals surface area contributed by atoms with Crippen LogP contribution in [0, 0.1) is 5.82 Å². The Morgan fingerprint density at radius 1 is 1.15 bits per heavy atom. The molecule has 2 rings (SSSR count). The molecule has 0 amide bonds. The monoisotopic (exact) mass is 315 g/mol. The Labute approximate surface area is 128 Å². The van der Waals surface area contributed by atoms with Crippen LogP contribution in [0.5, 0.6) is 0 Å². The molecule has 0 radical (unpaired) electrons. The first kappa shape index (κ1) is 16.9. The van der Waals surface area contributed by atoms with Gasteiger partial charge in [-0.05, 0) is 29.3 Å². The highest BCUT2D eigenvalue weighted by atomic mass is 35.5. The van der Waals surface area contributed by atoms with E-state index in [-0.39, 0.29) is 17.4 Å². The lowest BCUT2D eigenvalue weighted by Crippen LogP contribution is -2.28. The summed E-state index contributed by atoms with van der Waals surface area (Å²) in [6.45, 7) is 0. The van der Waals surface area contributed by atoms with E-state index >= 15 is 0 Å². The molecule has 2 aromatic rings.